The van der Waals surface area contributed by atoms with E-state index in [4.69, 9.17) is 4.74 Å². The van der Waals surface area contributed by atoms with Gasteiger partial charge in [0.25, 0.3) is 0 Å². The fourth-order valence-electron chi connectivity index (χ4n) is 3.60. The largest absolute Gasteiger partial charge is 0.396 e. The predicted octanol–water partition coefficient (Wildman–Crippen LogP) is 2.48. The van der Waals surface area contributed by atoms with E-state index in [1.165, 1.54) is 51.4 Å². The maximum absolute atomic E-state index is 9.70. The van der Waals surface area contributed by atoms with E-state index in [2.05, 4.69) is 5.32 Å². The van der Waals surface area contributed by atoms with E-state index in [9.17, 15) is 5.11 Å². The van der Waals surface area contributed by atoms with Crippen molar-refractivity contribution in [2.75, 3.05) is 20.3 Å². The van der Waals surface area contributed by atoms with Crippen molar-refractivity contribution in [3.05, 3.63) is 0 Å². The molecular formula is C15H29NO2. The van der Waals surface area contributed by atoms with E-state index in [1.54, 1.807) is 0 Å². The monoisotopic (exact) mass is 255 g/mol. The van der Waals surface area contributed by atoms with E-state index in [0.29, 0.717) is 18.8 Å². The Balaban J connectivity index is 1.78. The van der Waals surface area contributed by atoms with Crippen LogP contribution in [0.2, 0.25) is 0 Å². The second-order valence-corrected chi connectivity index (χ2v) is 6.32. The molecule has 106 valence electrons. The lowest BCUT2D eigenvalue weighted by Gasteiger charge is -2.38. The molecule has 2 atom stereocenters. The molecule has 18 heavy (non-hydrogen) atoms. The van der Waals surface area contributed by atoms with Gasteiger partial charge >= 0.3 is 0 Å². The van der Waals surface area contributed by atoms with Crippen molar-refractivity contribution in [1.82, 2.24) is 5.32 Å². The van der Waals surface area contributed by atoms with Crippen LogP contribution in [0.25, 0.3) is 0 Å². The first kappa shape index (κ1) is 14.3. The maximum Gasteiger partial charge on any atom is 0.0586 e. The molecule has 0 radical (unpaired) electrons. The summed E-state index contributed by atoms with van der Waals surface area (Å²) in [6, 6.07) is 0.592. The summed E-state index contributed by atoms with van der Waals surface area (Å²) in [5.74, 6) is 0. The molecule has 0 spiro atoms. The first-order valence-corrected chi connectivity index (χ1v) is 7.65. The molecule has 0 aromatic rings. The van der Waals surface area contributed by atoms with Gasteiger partial charge in [-0.05, 0) is 38.5 Å². The average molecular weight is 255 g/mol. The second kappa shape index (κ2) is 6.88. The van der Waals surface area contributed by atoms with E-state index in [1.807, 2.05) is 7.11 Å². The third-order valence-electron chi connectivity index (χ3n) is 4.97. The van der Waals surface area contributed by atoms with Gasteiger partial charge in [-0.1, -0.05) is 19.3 Å². The Morgan fingerprint density at radius 1 is 1.17 bits per heavy atom. The first-order chi connectivity index (χ1) is 8.78. The van der Waals surface area contributed by atoms with Crippen molar-refractivity contribution in [1.29, 1.82) is 0 Å². The number of ether oxygens (including phenoxy) is 1. The molecule has 0 amide bonds. The number of rotatable bonds is 5. The Morgan fingerprint density at radius 3 is 2.61 bits per heavy atom. The molecule has 2 saturated carbocycles. The zero-order valence-electron chi connectivity index (χ0n) is 11.8. The lowest BCUT2D eigenvalue weighted by Crippen LogP contribution is -2.45. The predicted molar refractivity (Wildman–Crippen MR) is 73.7 cm³/mol. The summed E-state index contributed by atoms with van der Waals surface area (Å²) in [6.07, 6.45) is 11.6. The van der Waals surface area contributed by atoms with Gasteiger partial charge in [-0.15, -0.1) is 0 Å². The SMILES string of the molecule is COC1CCCC(NCC2(CO)CCCCC2)C1. The van der Waals surface area contributed by atoms with Crippen LogP contribution in [0.15, 0.2) is 0 Å². The molecule has 0 aliphatic heterocycles. The molecule has 0 heterocycles. The van der Waals surface area contributed by atoms with Crippen molar-refractivity contribution in [2.24, 2.45) is 5.41 Å². The topological polar surface area (TPSA) is 41.5 Å². The maximum atomic E-state index is 9.70. The first-order valence-electron chi connectivity index (χ1n) is 7.65. The molecule has 3 nitrogen and oxygen atoms in total. The fraction of sp³-hybridized carbons (Fsp3) is 1.00. The van der Waals surface area contributed by atoms with Crippen molar-refractivity contribution < 1.29 is 9.84 Å². The smallest absolute Gasteiger partial charge is 0.0586 e. The van der Waals surface area contributed by atoms with Gasteiger partial charge < -0.3 is 15.2 Å². The van der Waals surface area contributed by atoms with Crippen LogP contribution >= 0.6 is 0 Å². The molecule has 0 bridgehead atoms. The number of hydrogen-bond donors (Lipinski definition) is 2. The summed E-state index contributed by atoms with van der Waals surface area (Å²) >= 11 is 0. The quantitative estimate of drug-likeness (QED) is 0.793. The highest BCUT2D eigenvalue weighted by Gasteiger charge is 2.32. The third-order valence-corrected chi connectivity index (χ3v) is 4.97. The van der Waals surface area contributed by atoms with Crippen LogP contribution in [-0.2, 0) is 4.74 Å². The van der Waals surface area contributed by atoms with Crippen molar-refractivity contribution in [3.63, 3.8) is 0 Å². The summed E-state index contributed by atoms with van der Waals surface area (Å²) in [5.41, 5.74) is 0.165. The molecule has 3 heteroatoms. The second-order valence-electron chi connectivity index (χ2n) is 6.32. The number of aliphatic hydroxyl groups is 1. The Kier molecular flexibility index (Phi) is 5.46. The third kappa shape index (κ3) is 3.69. The zero-order valence-corrected chi connectivity index (χ0v) is 11.8. The number of nitrogens with one attached hydrogen (secondary N) is 1. The molecule has 2 N–H and O–H groups in total. The highest BCUT2D eigenvalue weighted by Crippen LogP contribution is 2.35. The Bertz CT molecular complexity index is 239. The molecule has 0 aromatic heterocycles. The van der Waals surface area contributed by atoms with Gasteiger partial charge in [0.1, 0.15) is 0 Å². The Labute approximate surface area is 111 Å². The minimum atomic E-state index is 0.165. The van der Waals surface area contributed by atoms with Gasteiger partial charge in [0, 0.05) is 31.7 Å². The highest BCUT2D eigenvalue weighted by molar-refractivity contribution is 4.87. The number of aliphatic hydroxyl groups excluding tert-OH is 1. The Morgan fingerprint density at radius 2 is 1.94 bits per heavy atom. The van der Waals surface area contributed by atoms with Crippen molar-refractivity contribution in [2.45, 2.75) is 69.9 Å². The summed E-state index contributed by atoms with van der Waals surface area (Å²) in [6.45, 7) is 1.34. The van der Waals surface area contributed by atoms with Gasteiger partial charge in [-0.25, -0.2) is 0 Å². The molecular weight excluding hydrogens is 226 g/mol. The van der Waals surface area contributed by atoms with Crippen LogP contribution in [0, 0.1) is 5.41 Å². The van der Waals surface area contributed by atoms with Gasteiger partial charge in [0.2, 0.25) is 0 Å². The summed E-state index contributed by atoms with van der Waals surface area (Å²) in [7, 11) is 1.82. The lowest BCUT2D eigenvalue weighted by atomic mass is 9.74. The van der Waals surface area contributed by atoms with Gasteiger partial charge in [-0.3, -0.25) is 0 Å². The standard InChI is InChI=1S/C15H29NO2/c1-18-14-7-5-6-13(10-14)16-11-15(12-17)8-3-2-4-9-15/h13-14,16-17H,2-12H2,1H3. The van der Waals surface area contributed by atoms with Crippen LogP contribution in [0.4, 0.5) is 0 Å². The summed E-state index contributed by atoms with van der Waals surface area (Å²) in [4.78, 5) is 0. The fourth-order valence-corrected chi connectivity index (χ4v) is 3.60. The van der Waals surface area contributed by atoms with Crippen molar-refractivity contribution in [3.8, 4) is 0 Å². The minimum Gasteiger partial charge on any atom is -0.396 e. The highest BCUT2D eigenvalue weighted by atomic mass is 16.5. The van der Waals surface area contributed by atoms with E-state index < -0.39 is 0 Å². The van der Waals surface area contributed by atoms with Crippen LogP contribution in [0.3, 0.4) is 0 Å². The summed E-state index contributed by atoms with van der Waals surface area (Å²) < 4.78 is 5.48. The normalized spacial score (nSPS) is 32.3. The minimum absolute atomic E-state index is 0.165. The van der Waals surface area contributed by atoms with Crippen molar-refractivity contribution >= 4 is 0 Å². The lowest BCUT2D eigenvalue weighted by molar-refractivity contribution is 0.0464. The molecule has 0 aromatic carbocycles. The average Bonchev–Trinajstić information content (AvgIpc) is 2.46. The van der Waals surface area contributed by atoms with Crippen LogP contribution < -0.4 is 5.32 Å². The van der Waals surface area contributed by atoms with Crippen LogP contribution in [-0.4, -0.2) is 37.5 Å². The molecule has 0 saturated heterocycles. The van der Waals surface area contributed by atoms with Gasteiger partial charge in [0.15, 0.2) is 0 Å². The molecule has 2 aliphatic carbocycles. The summed E-state index contributed by atoms with van der Waals surface area (Å²) in [5, 5.41) is 13.4. The van der Waals surface area contributed by atoms with Crippen LogP contribution in [0.1, 0.15) is 57.8 Å². The number of hydrogen-bond acceptors (Lipinski definition) is 3. The Hall–Kier alpha value is -0.120. The molecule has 2 fully saturated rings. The van der Waals surface area contributed by atoms with E-state index in [0.717, 1.165) is 13.0 Å². The van der Waals surface area contributed by atoms with E-state index >= 15 is 0 Å². The van der Waals surface area contributed by atoms with Gasteiger partial charge in [-0.2, -0.15) is 0 Å². The van der Waals surface area contributed by atoms with Gasteiger partial charge in [0.05, 0.1) is 6.10 Å². The molecule has 2 rings (SSSR count). The molecule has 2 aliphatic rings. The van der Waals surface area contributed by atoms with E-state index in [-0.39, 0.29) is 5.41 Å². The van der Waals surface area contributed by atoms with Crippen LogP contribution in [0.5, 0.6) is 0 Å². The zero-order chi connectivity index (χ0) is 12.8. The molecule has 2 unspecified atom stereocenters. The number of methoxy groups -OCH3 is 1.